The van der Waals surface area contributed by atoms with Crippen LogP contribution in [0.15, 0.2) is 53.1 Å². The zero-order chi connectivity index (χ0) is 22.4. The summed E-state index contributed by atoms with van der Waals surface area (Å²) in [7, 11) is 0. The van der Waals surface area contributed by atoms with Crippen molar-refractivity contribution < 1.29 is 27.3 Å². The highest BCUT2D eigenvalue weighted by atomic mass is 35.5. The number of halogens is 4. The van der Waals surface area contributed by atoms with E-state index in [1.54, 1.807) is 48.5 Å². The van der Waals surface area contributed by atoms with E-state index in [2.05, 4.69) is 14.7 Å². The summed E-state index contributed by atoms with van der Waals surface area (Å²) in [5, 5.41) is 4.89. The Morgan fingerprint density at radius 3 is 2.48 bits per heavy atom. The van der Waals surface area contributed by atoms with Gasteiger partial charge >= 0.3 is 12.1 Å². The number of benzene rings is 2. The van der Waals surface area contributed by atoms with Crippen LogP contribution >= 0.6 is 11.6 Å². The molecule has 164 valence electrons. The molecule has 3 rings (SSSR count). The van der Waals surface area contributed by atoms with E-state index in [1.807, 2.05) is 6.92 Å². The maximum absolute atomic E-state index is 12.9. The van der Waals surface area contributed by atoms with Gasteiger partial charge in [0.1, 0.15) is 0 Å². The van der Waals surface area contributed by atoms with E-state index >= 15 is 0 Å². The molecule has 10 heteroatoms. The summed E-state index contributed by atoms with van der Waals surface area (Å²) in [5.74, 6) is -1.98. The first-order valence-electron chi connectivity index (χ1n) is 9.49. The Bertz CT molecular complexity index is 1020. The van der Waals surface area contributed by atoms with Crippen LogP contribution in [0.4, 0.5) is 13.2 Å². The van der Waals surface area contributed by atoms with Crippen LogP contribution in [-0.2, 0) is 17.6 Å². The lowest BCUT2D eigenvalue weighted by molar-refractivity contribution is -0.159. The van der Waals surface area contributed by atoms with Crippen LogP contribution in [0.3, 0.4) is 0 Å². The second-order valence-electron chi connectivity index (χ2n) is 6.63. The summed E-state index contributed by atoms with van der Waals surface area (Å²) in [4.78, 5) is 22.0. The topological polar surface area (TPSA) is 68.5 Å². The molecule has 1 aromatic heterocycles. The molecule has 0 saturated heterocycles. The molecule has 0 radical (unpaired) electrons. The third-order valence-electron chi connectivity index (χ3n) is 4.28. The summed E-state index contributed by atoms with van der Waals surface area (Å²) < 4.78 is 42.2. The van der Waals surface area contributed by atoms with E-state index in [0.29, 0.717) is 28.3 Å². The average Bonchev–Trinajstić information content (AvgIpc) is 3.24. The second-order valence-corrected chi connectivity index (χ2v) is 7.03. The fourth-order valence-electron chi connectivity index (χ4n) is 2.65. The smallest absolute Gasteiger partial charge is 0.329 e. The van der Waals surface area contributed by atoms with Crippen LogP contribution in [0.2, 0.25) is 5.02 Å². The molecule has 0 aliphatic rings. The molecule has 3 aromatic rings. The molecule has 31 heavy (non-hydrogen) atoms. The Hall–Kier alpha value is -2.91. The molecule has 0 saturated carbocycles. The molecular weight excluding hydrogens is 435 g/mol. The minimum Gasteiger partial charge on any atom is -0.329 e. The quantitative estimate of drug-likeness (QED) is 0.319. The van der Waals surface area contributed by atoms with Gasteiger partial charge < -0.3 is 4.52 Å². The minimum atomic E-state index is -4.71. The van der Waals surface area contributed by atoms with Crippen molar-refractivity contribution in [1.82, 2.24) is 15.2 Å². The summed E-state index contributed by atoms with van der Waals surface area (Å²) in [6.07, 6.45) is -3.04. The number of aromatic nitrogens is 2. The van der Waals surface area contributed by atoms with Crippen molar-refractivity contribution in [2.75, 3.05) is 6.61 Å². The van der Waals surface area contributed by atoms with Gasteiger partial charge in [-0.2, -0.15) is 18.2 Å². The third kappa shape index (κ3) is 5.83. The van der Waals surface area contributed by atoms with Gasteiger partial charge in [0.05, 0.1) is 23.7 Å². The number of alkyl halides is 3. The maximum atomic E-state index is 12.9. The number of hydroxylamine groups is 2. The Balaban J connectivity index is 1.77. The van der Waals surface area contributed by atoms with Crippen molar-refractivity contribution >= 4 is 17.5 Å². The van der Waals surface area contributed by atoms with Crippen molar-refractivity contribution in [3.63, 3.8) is 0 Å². The van der Waals surface area contributed by atoms with Gasteiger partial charge in [-0.3, -0.25) is 9.63 Å². The number of nitrogens with zero attached hydrogens (tertiary/aromatic N) is 3. The third-order valence-corrected chi connectivity index (χ3v) is 4.61. The number of hydrogen-bond acceptors (Lipinski definition) is 5. The zero-order valence-electron chi connectivity index (χ0n) is 16.5. The van der Waals surface area contributed by atoms with Gasteiger partial charge in [0.15, 0.2) is 0 Å². The Morgan fingerprint density at radius 1 is 1.16 bits per heavy atom. The summed E-state index contributed by atoms with van der Waals surface area (Å²) in [5.41, 5.74) is 1.35. The van der Waals surface area contributed by atoms with Crippen molar-refractivity contribution in [3.05, 3.63) is 70.6 Å². The predicted octanol–water partition coefficient (Wildman–Crippen LogP) is 5.78. The normalized spacial score (nSPS) is 11.5. The van der Waals surface area contributed by atoms with Crippen LogP contribution in [0.25, 0.3) is 11.4 Å². The van der Waals surface area contributed by atoms with Gasteiger partial charge in [0.25, 0.3) is 5.91 Å². The van der Waals surface area contributed by atoms with Gasteiger partial charge in [0.2, 0.25) is 5.82 Å². The highest BCUT2D eigenvalue weighted by molar-refractivity contribution is 6.33. The van der Waals surface area contributed by atoms with Crippen LogP contribution in [0, 0.1) is 0 Å². The predicted molar refractivity (Wildman–Crippen MR) is 107 cm³/mol. The van der Waals surface area contributed by atoms with E-state index in [9.17, 15) is 18.0 Å². The summed E-state index contributed by atoms with van der Waals surface area (Å²) >= 11 is 6.14. The highest BCUT2D eigenvalue weighted by Crippen LogP contribution is 2.29. The molecule has 0 aliphatic carbocycles. The number of unbranched alkanes of at least 4 members (excludes halogenated alkanes) is 1. The van der Waals surface area contributed by atoms with Crippen molar-refractivity contribution in [3.8, 4) is 11.4 Å². The molecule has 2 aromatic carbocycles. The van der Waals surface area contributed by atoms with E-state index in [1.165, 1.54) is 5.06 Å². The van der Waals surface area contributed by atoms with E-state index < -0.39 is 18.0 Å². The van der Waals surface area contributed by atoms with Crippen LogP contribution < -0.4 is 0 Å². The minimum absolute atomic E-state index is 0.119. The monoisotopic (exact) mass is 453 g/mol. The van der Waals surface area contributed by atoms with Crippen molar-refractivity contribution in [2.45, 2.75) is 32.5 Å². The highest BCUT2D eigenvalue weighted by Gasteiger charge is 2.38. The fraction of sp³-hybridized carbons (Fsp3) is 0.286. The van der Waals surface area contributed by atoms with E-state index in [0.717, 1.165) is 12.8 Å². The van der Waals surface area contributed by atoms with E-state index in [4.69, 9.17) is 16.4 Å². The van der Waals surface area contributed by atoms with Crippen LogP contribution in [0.5, 0.6) is 0 Å². The van der Waals surface area contributed by atoms with Crippen molar-refractivity contribution in [2.24, 2.45) is 0 Å². The zero-order valence-corrected chi connectivity index (χ0v) is 17.3. The summed E-state index contributed by atoms with van der Waals surface area (Å²) in [6.45, 7) is 2.48. The maximum Gasteiger partial charge on any atom is 0.471 e. The van der Waals surface area contributed by atoms with E-state index in [-0.39, 0.29) is 12.4 Å². The van der Waals surface area contributed by atoms with Crippen LogP contribution in [-0.4, -0.2) is 27.7 Å². The Labute approximate surface area is 181 Å². The summed E-state index contributed by atoms with van der Waals surface area (Å²) in [6, 6.07) is 13.0. The average molecular weight is 454 g/mol. The fourth-order valence-corrected chi connectivity index (χ4v) is 2.86. The van der Waals surface area contributed by atoms with Gasteiger partial charge in [-0.15, -0.1) is 0 Å². The van der Waals surface area contributed by atoms with Gasteiger partial charge in [0, 0.05) is 5.56 Å². The number of amides is 1. The Kier molecular flexibility index (Phi) is 7.29. The first kappa shape index (κ1) is 22.8. The first-order chi connectivity index (χ1) is 14.8. The van der Waals surface area contributed by atoms with Gasteiger partial charge in [-0.05, 0) is 24.1 Å². The molecule has 1 heterocycles. The second kappa shape index (κ2) is 9.93. The molecule has 0 atom stereocenters. The number of carbonyl (C=O) groups excluding carboxylic acids is 1. The molecule has 0 fully saturated rings. The molecule has 6 nitrogen and oxygen atoms in total. The van der Waals surface area contributed by atoms with Gasteiger partial charge in [-0.1, -0.05) is 66.5 Å². The molecule has 0 bridgehead atoms. The molecule has 0 unspecified atom stereocenters. The molecule has 0 aliphatic heterocycles. The molecule has 1 amide bonds. The SMILES string of the molecule is CCCCON(Cc1ccc(-c2noc(C(F)(F)F)n2)cc1)C(=O)c1ccccc1Cl. The lowest BCUT2D eigenvalue weighted by Crippen LogP contribution is -2.31. The lowest BCUT2D eigenvalue weighted by Gasteiger charge is -2.22. The number of rotatable bonds is 8. The molecule has 0 N–H and O–H groups in total. The standard InChI is InChI=1S/C21H19ClF3N3O3/c1-2-3-12-30-28(19(29)16-6-4-5-7-17(16)22)13-14-8-10-15(11-9-14)18-26-20(31-27-18)21(23,24)25/h4-11H,2-3,12-13H2,1H3. The molecular formula is C21H19ClF3N3O3. The Morgan fingerprint density at radius 2 is 1.87 bits per heavy atom. The van der Waals surface area contributed by atoms with Crippen molar-refractivity contribution in [1.29, 1.82) is 0 Å². The number of carbonyl (C=O) groups is 1. The lowest BCUT2D eigenvalue weighted by atomic mass is 10.1. The van der Waals surface area contributed by atoms with Crippen LogP contribution in [0.1, 0.15) is 41.6 Å². The first-order valence-corrected chi connectivity index (χ1v) is 9.87. The number of hydrogen-bond donors (Lipinski definition) is 0. The van der Waals surface area contributed by atoms with Gasteiger partial charge in [-0.25, -0.2) is 5.06 Å². The largest absolute Gasteiger partial charge is 0.471 e. The molecule has 0 spiro atoms.